The normalized spacial score (nSPS) is 11.0. The van der Waals surface area contributed by atoms with Crippen LogP contribution in [0.4, 0.5) is 0 Å². The van der Waals surface area contributed by atoms with Crippen LogP contribution in [0.2, 0.25) is 0 Å². The van der Waals surface area contributed by atoms with Gasteiger partial charge in [0.2, 0.25) is 10.0 Å². The molecule has 0 bridgehead atoms. The number of hydrogen-bond acceptors (Lipinski definition) is 4. The first-order valence-corrected chi connectivity index (χ1v) is 6.98. The summed E-state index contributed by atoms with van der Waals surface area (Å²) in [7, 11) is -3.57. The molecule has 1 amide bonds. The van der Waals surface area contributed by atoms with Gasteiger partial charge >= 0.3 is 0 Å². The molecule has 0 aliphatic rings. The topological polar surface area (TPSA) is 72.5 Å². The Morgan fingerprint density at radius 3 is 2.59 bits per heavy atom. The summed E-state index contributed by atoms with van der Waals surface area (Å²) in [6, 6.07) is 4.96. The van der Waals surface area contributed by atoms with Gasteiger partial charge in [0.05, 0.1) is 18.4 Å². The number of sulfonamides is 1. The van der Waals surface area contributed by atoms with Crippen LogP contribution in [0.3, 0.4) is 0 Å². The lowest BCUT2D eigenvalue weighted by atomic mass is 10.1. The predicted octanol–water partition coefficient (Wildman–Crippen LogP) is 1.08. The summed E-state index contributed by atoms with van der Waals surface area (Å²) in [5, 5.41) is 0. The molecule has 0 radical (unpaired) electrons. The van der Waals surface area contributed by atoms with Crippen molar-refractivity contribution >= 4 is 15.9 Å². The Labute approximate surface area is 101 Å². The van der Waals surface area contributed by atoms with Crippen LogP contribution in [0.5, 0.6) is 5.75 Å². The molecule has 1 aromatic rings. The molecule has 0 aliphatic carbocycles. The van der Waals surface area contributed by atoms with Crippen molar-refractivity contribution in [3.8, 4) is 5.75 Å². The number of carbonyl (C=O) groups is 1. The van der Waals surface area contributed by atoms with Crippen molar-refractivity contribution in [1.82, 2.24) is 4.72 Å². The van der Waals surface area contributed by atoms with Gasteiger partial charge in [0.25, 0.3) is 5.91 Å². The van der Waals surface area contributed by atoms with Crippen LogP contribution >= 0.6 is 0 Å². The lowest BCUT2D eigenvalue weighted by molar-refractivity contribution is 0.0978. The maximum absolute atomic E-state index is 11.7. The fraction of sp³-hybridized carbons (Fsp3) is 0.364. The minimum Gasteiger partial charge on any atom is -0.493 e. The van der Waals surface area contributed by atoms with E-state index in [1.54, 1.807) is 25.1 Å². The van der Waals surface area contributed by atoms with Gasteiger partial charge in [0.1, 0.15) is 5.75 Å². The fourth-order valence-electron chi connectivity index (χ4n) is 1.32. The van der Waals surface area contributed by atoms with E-state index >= 15 is 0 Å². The van der Waals surface area contributed by atoms with Gasteiger partial charge in [-0.25, -0.2) is 13.1 Å². The highest BCUT2D eigenvalue weighted by molar-refractivity contribution is 7.89. The van der Waals surface area contributed by atoms with Crippen LogP contribution < -0.4 is 9.46 Å². The molecular weight excluding hydrogens is 242 g/mol. The summed E-state index contributed by atoms with van der Waals surface area (Å²) in [6.45, 7) is 4.06. The summed E-state index contributed by atoms with van der Waals surface area (Å²) in [5.74, 6) is -0.301. The number of amides is 1. The van der Waals surface area contributed by atoms with E-state index in [-0.39, 0.29) is 5.56 Å². The fourth-order valence-corrected chi connectivity index (χ4v) is 1.76. The summed E-state index contributed by atoms with van der Waals surface area (Å²) < 4.78 is 29.2. The molecule has 0 saturated carbocycles. The van der Waals surface area contributed by atoms with Gasteiger partial charge in [-0.3, -0.25) is 4.79 Å². The monoisotopic (exact) mass is 257 g/mol. The largest absolute Gasteiger partial charge is 0.493 e. The van der Waals surface area contributed by atoms with Gasteiger partial charge in [-0.1, -0.05) is 6.07 Å². The van der Waals surface area contributed by atoms with Crippen molar-refractivity contribution < 1.29 is 17.9 Å². The third kappa shape index (κ3) is 4.07. The van der Waals surface area contributed by atoms with E-state index in [4.69, 9.17) is 4.74 Å². The maximum Gasteiger partial charge on any atom is 0.268 e. The van der Waals surface area contributed by atoms with Crippen molar-refractivity contribution in [3.63, 3.8) is 0 Å². The van der Waals surface area contributed by atoms with Gasteiger partial charge in [-0.15, -0.1) is 0 Å². The summed E-state index contributed by atoms with van der Waals surface area (Å²) in [5.41, 5.74) is 1.15. The molecule has 0 heterocycles. The number of aryl methyl sites for hydroxylation is 1. The second-order valence-electron chi connectivity index (χ2n) is 3.64. The molecule has 0 saturated heterocycles. The van der Waals surface area contributed by atoms with E-state index < -0.39 is 15.9 Å². The number of hydrogen-bond donors (Lipinski definition) is 1. The molecule has 0 spiro atoms. The minimum atomic E-state index is -3.57. The van der Waals surface area contributed by atoms with Gasteiger partial charge in [0.15, 0.2) is 0 Å². The zero-order valence-corrected chi connectivity index (χ0v) is 10.8. The quantitative estimate of drug-likeness (QED) is 0.876. The Morgan fingerprint density at radius 1 is 1.41 bits per heavy atom. The van der Waals surface area contributed by atoms with Crippen molar-refractivity contribution in [2.45, 2.75) is 13.8 Å². The van der Waals surface area contributed by atoms with Gasteiger partial charge in [0, 0.05) is 0 Å². The lowest BCUT2D eigenvalue weighted by Gasteiger charge is -2.10. The predicted molar refractivity (Wildman–Crippen MR) is 64.7 cm³/mol. The molecule has 5 nitrogen and oxygen atoms in total. The number of rotatable bonds is 4. The Morgan fingerprint density at radius 2 is 2.06 bits per heavy atom. The standard InChI is InChI=1S/C11H15NO4S/c1-4-16-10-7-8(2)5-6-9(10)11(13)12-17(3,14)15/h5-7H,4H2,1-3H3,(H,12,13). The van der Waals surface area contributed by atoms with E-state index in [1.807, 2.05) is 11.6 Å². The Kier molecular flexibility index (Phi) is 4.11. The Hall–Kier alpha value is -1.56. The number of benzene rings is 1. The molecule has 94 valence electrons. The van der Waals surface area contributed by atoms with Crippen LogP contribution in [0.15, 0.2) is 18.2 Å². The van der Waals surface area contributed by atoms with Crippen LogP contribution in [-0.2, 0) is 10.0 Å². The average molecular weight is 257 g/mol. The molecule has 0 aromatic heterocycles. The van der Waals surface area contributed by atoms with E-state index in [0.29, 0.717) is 12.4 Å². The molecule has 1 N–H and O–H groups in total. The zero-order valence-electron chi connectivity index (χ0n) is 9.98. The summed E-state index contributed by atoms with van der Waals surface area (Å²) in [6.07, 6.45) is 0.930. The lowest BCUT2D eigenvalue weighted by Crippen LogP contribution is -2.29. The summed E-state index contributed by atoms with van der Waals surface area (Å²) >= 11 is 0. The number of carbonyl (C=O) groups excluding carboxylic acids is 1. The van der Waals surface area contributed by atoms with Gasteiger partial charge in [-0.05, 0) is 31.5 Å². The van der Waals surface area contributed by atoms with E-state index in [1.165, 1.54) is 0 Å². The Bertz CT molecular complexity index is 522. The number of nitrogens with one attached hydrogen (secondary N) is 1. The molecule has 1 rings (SSSR count). The highest BCUT2D eigenvalue weighted by Gasteiger charge is 2.15. The van der Waals surface area contributed by atoms with Gasteiger partial charge in [-0.2, -0.15) is 0 Å². The van der Waals surface area contributed by atoms with Crippen molar-refractivity contribution in [3.05, 3.63) is 29.3 Å². The zero-order chi connectivity index (χ0) is 13.1. The van der Waals surface area contributed by atoms with Gasteiger partial charge < -0.3 is 4.74 Å². The second-order valence-corrected chi connectivity index (χ2v) is 5.38. The van der Waals surface area contributed by atoms with E-state index in [9.17, 15) is 13.2 Å². The van der Waals surface area contributed by atoms with Crippen LogP contribution in [0.25, 0.3) is 0 Å². The highest BCUT2D eigenvalue weighted by atomic mass is 32.2. The smallest absolute Gasteiger partial charge is 0.268 e. The molecule has 1 aromatic carbocycles. The summed E-state index contributed by atoms with van der Waals surface area (Å²) in [4.78, 5) is 11.7. The maximum atomic E-state index is 11.7. The first kappa shape index (κ1) is 13.5. The molecule has 0 fully saturated rings. The highest BCUT2D eigenvalue weighted by Crippen LogP contribution is 2.20. The molecule has 0 unspecified atom stereocenters. The van der Waals surface area contributed by atoms with Crippen molar-refractivity contribution in [1.29, 1.82) is 0 Å². The molecular formula is C11H15NO4S. The Balaban J connectivity index is 3.08. The molecule has 6 heteroatoms. The third-order valence-corrected chi connectivity index (χ3v) is 2.52. The van der Waals surface area contributed by atoms with Crippen LogP contribution in [-0.4, -0.2) is 27.2 Å². The van der Waals surface area contributed by atoms with Crippen LogP contribution in [0, 0.1) is 6.92 Å². The third-order valence-electron chi connectivity index (χ3n) is 1.96. The minimum absolute atomic E-state index is 0.211. The first-order valence-electron chi connectivity index (χ1n) is 5.09. The van der Waals surface area contributed by atoms with E-state index in [2.05, 4.69) is 0 Å². The number of ether oxygens (including phenoxy) is 1. The average Bonchev–Trinajstić information content (AvgIpc) is 2.15. The van der Waals surface area contributed by atoms with Crippen molar-refractivity contribution in [2.24, 2.45) is 0 Å². The van der Waals surface area contributed by atoms with Crippen LogP contribution in [0.1, 0.15) is 22.8 Å². The van der Waals surface area contributed by atoms with E-state index in [0.717, 1.165) is 11.8 Å². The SMILES string of the molecule is CCOc1cc(C)ccc1C(=O)NS(C)(=O)=O. The second kappa shape index (κ2) is 5.18. The first-order chi connectivity index (χ1) is 7.83. The van der Waals surface area contributed by atoms with Crippen molar-refractivity contribution in [2.75, 3.05) is 12.9 Å². The molecule has 0 aliphatic heterocycles. The molecule has 17 heavy (non-hydrogen) atoms. The molecule has 0 atom stereocenters.